The third-order valence-corrected chi connectivity index (χ3v) is 9.94. The van der Waals surface area contributed by atoms with Crippen LogP contribution in [0, 0.1) is 23.2 Å². The second-order valence-corrected chi connectivity index (χ2v) is 12.7. The Morgan fingerprint density at radius 3 is 2.29 bits per heavy atom. The molecule has 3 amide bonds. The molecule has 0 spiro atoms. The summed E-state index contributed by atoms with van der Waals surface area (Å²) in [5, 5.41) is -0.445. The minimum absolute atomic E-state index is 0.151. The summed E-state index contributed by atoms with van der Waals surface area (Å²) in [6.45, 7) is 1.11. The van der Waals surface area contributed by atoms with Crippen molar-refractivity contribution >= 4 is 40.9 Å². The van der Waals surface area contributed by atoms with Gasteiger partial charge in [-0.1, -0.05) is 6.07 Å². The van der Waals surface area contributed by atoms with E-state index in [1.165, 1.54) is 26.4 Å². The maximum atomic E-state index is 13.4. The first-order valence-corrected chi connectivity index (χ1v) is 14.6. The summed E-state index contributed by atoms with van der Waals surface area (Å²) in [4.78, 5) is 54.5. The molecule has 0 radical (unpaired) electrons. The lowest BCUT2D eigenvalue weighted by molar-refractivity contribution is -0.161. The van der Waals surface area contributed by atoms with Gasteiger partial charge in [-0.25, -0.2) is 0 Å². The summed E-state index contributed by atoms with van der Waals surface area (Å²) in [5.41, 5.74) is 0.271. The van der Waals surface area contributed by atoms with Crippen molar-refractivity contribution in [1.29, 1.82) is 0 Å². The topological polar surface area (TPSA) is 93.2 Å². The van der Waals surface area contributed by atoms with Crippen molar-refractivity contribution in [1.82, 2.24) is 9.80 Å². The van der Waals surface area contributed by atoms with E-state index in [0.29, 0.717) is 47.9 Å². The molecule has 6 fully saturated rings. The van der Waals surface area contributed by atoms with Gasteiger partial charge in [0.15, 0.2) is 11.5 Å². The van der Waals surface area contributed by atoms with Gasteiger partial charge in [0.1, 0.15) is 6.54 Å². The molecule has 9 heteroatoms. The van der Waals surface area contributed by atoms with E-state index >= 15 is 0 Å². The minimum atomic E-state index is -0.471. The zero-order valence-electron chi connectivity index (χ0n) is 21.8. The van der Waals surface area contributed by atoms with E-state index in [1.807, 2.05) is 0 Å². The third kappa shape index (κ3) is 4.74. The molecular weight excluding hydrogens is 504 g/mol. The van der Waals surface area contributed by atoms with Crippen LogP contribution in [0.1, 0.15) is 63.4 Å². The standard InChI is InChI=1S/C29H34N2O6S/c1-36-23-12-18(13-24-26(33)31(28(35)38-24)17-25(32)30-7-3-2-4-8-30)5-6-22(23)37-27(34)29-14-19-9-20(15-29)11-21(10-19)16-29/h5-6,12-13,19-21H,2-4,7-11,14-17H2,1H3/b24-13-. The van der Waals surface area contributed by atoms with E-state index in [-0.39, 0.29) is 28.7 Å². The normalized spacial score (nSPS) is 31.3. The number of carbonyl (C=O) groups excluding carboxylic acids is 4. The largest absolute Gasteiger partial charge is 0.493 e. The number of benzene rings is 1. The molecule has 0 atom stereocenters. The first kappa shape index (κ1) is 25.5. The van der Waals surface area contributed by atoms with Crippen LogP contribution in [0.3, 0.4) is 0 Å². The Bertz CT molecular complexity index is 1170. The van der Waals surface area contributed by atoms with E-state index in [4.69, 9.17) is 9.47 Å². The number of hydrogen-bond donors (Lipinski definition) is 0. The first-order chi connectivity index (χ1) is 18.3. The predicted molar refractivity (Wildman–Crippen MR) is 142 cm³/mol. The van der Waals surface area contributed by atoms with Gasteiger partial charge in [0, 0.05) is 13.1 Å². The molecule has 202 valence electrons. The molecule has 2 saturated heterocycles. The number of ether oxygens (including phenoxy) is 2. The van der Waals surface area contributed by atoms with Gasteiger partial charge in [0.05, 0.1) is 17.4 Å². The maximum absolute atomic E-state index is 13.4. The third-order valence-electron chi connectivity index (χ3n) is 9.04. The predicted octanol–water partition coefficient (Wildman–Crippen LogP) is 4.87. The molecule has 7 rings (SSSR count). The Labute approximate surface area is 227 Å². The fourth-order valence-electron chi connectivity index (χ4n) is 7.59. The zero-order valence-corrected chi connectivity index (χ0v) is 22.6. The molecule has 0 N–H and O–H groups in total. The highest BCUT2D eigenvalue weighted by atomic mass is 32.2. The van der Waals surface area contributed by atoms with E-state index in [2.05, 4.69) is 0 Å². The van der Waals surface area contributed by atoms with Crippen LogP contribution in [-0.4, -0.2) is 59.6 Å². The number of imide groups is 1. The van der Waals surface area contributed by atoms with E-state index in [9.17, 15) is 19.2 Å². The van der Waals surface area contributed by atoms with Gasteiger partial charge in [0.2, 0.25) is 5.91 Å². The second-order valence-electron chi connectivity index (χ2n) is 11.7. The van der Waals surface area contributed by atoms with Crippen LogP contribution in [0.15, 0.2) is 23.1 Å². The van der Waals surface area contributed by atoms with Crippen molar-refractivity contribution in [3.63, 3.8) is 0 Å². The average Bonchev–Trinajstić information content (AvgIpc) is 3.16. The van der Waals surface area contributed by atoms with Gasteiger partial charge in [-0.2, -0.15) is 0 Å². The van der Waals surface area contributed by atoms with Crippen molar-refractivity contribution in [2.45, 2.75) is 57.8 Å². The Morgan fingerprint density at radius 1 is 1.00 bits per heavy atom. The van der Waals surface area contributed by atoms with Gasteiger partial charge in [-0.3, -0.25) is 24.1 Å². The number of nitrogens with zero attached hydrogens (tertiary/aromatic N) is 2. The van der Waals surface area contributed by atoms with Crippen molar-refractivity contribution in [2.75, 3.05) is 26.7 Å². The summed E-state index contributed by atoms with van der Waals surface area (Å²) in [7, 11) is 1.52. The van der Waals surface area contributed by atoms with E-state index < -0.39 is 11.1 Å². The number of thioether (sulfide) groups is 1. The Balaban J connectivity index is 1.14. The molecule has 0 aromatic heterocycles. The minimum Gasteiger partial charge on any atom is -0.493 e. The summed E-state index contributed by atoms with van der Waals surface area (Å²) in [6.07, 6.45) is 11.1. The van der Waals surface area contributed by atoms with Crippen LogP contribution in [-0.2, 0) is 14.4 Å². The Morgan fingerprint density at radius 2 is 1.66 bits per heavy atom. The number of piperidine rings is 1. The molecule has 38 heavy (non-hydrogen) atoms. The monoisotopic (exact) mass is 538 g/mol. The Kier molecular flexibility index (Phi) is 6.74. The average molecular weight is 539 g/mol. The molecule has 6 aliphatic rings. The summed E-state index contributed by atoms with van der Waals surface area (Å²) < 4.78 is 11.5. The SMILES string of the molecule is COc1cc(/C=C2\SC(=O)N(CC(=O)N3CCCCC3)C2=O)ccc1OC(=O)C12CC3CC(CC(C3)C1)C2. The number of hydrogen-bond acceptors (Lipinski definition) is 7. The first-order valence-electron chi connectivity index (χ1n) is 13.8. The number of esters is 1. The fraction of sp³-hybridized carbons (Fsp3) is 0.586. The fourth-order valence-corrected chi connectivity index (χ4v) is 8.43. The lowest BCUT2D eigenvalue weighted by atomic mass is 9.49. The summed E-state index contributed by atoms with van der Waals surface area (Å²) >= 11 is 0.827. The quantitative estimate of drug-likeness (QED) is 0.290. The molecular formula is C29H34N2O6S. The van der Waals surface area contributed by atoms with Crippen LogP contribution in [0.2, 0.25) is 0 Å². The highest BCUT2D eigenvalue weighted by Crippen LogP contribution is 2.60. The molecule has 1 aromatic carbocycles. The summed E-state index contributed by atoms with van der Waals surface area (Å²) in [6, 6.07) is 5.14. The van der Waals surface area contributed by atoms with Gasteiger partial charge in [-0.05, 0) is 111 Å². The molecule has 8 nitrogen and oxygen atoms in total. The van der Waals surface area contributed by atoms with Crippen molar-refractivity contribution in [3.05, 3.63) is 28.7 Å². The molecule has 4 saturated carbocycles. The number of likely N-dealkylation sites (tertiary alicyclic amines) is 1. The molecule has 4 aliphatic carbocycles. The maximum Gasteiger partial charge on any atom is 0.317 e. The number of rotatable bonds is 6. The molecule has 0 unspecified atom stereocenters. The number of methoxy groups -OCH3 is 1. The van der Waals surface area contributed by atoms with Gasteiger partial charge >= 0.3 is 5.97 Å². The van der Waals surface area contributed by atoms with Crippen molar-refractivity contribution < 1.29 is 28.7 Å². The van der Waals surface area contributed by atoms with Gasteiger partial charge in [-0.15, -0.1) is 0 Å². The van der Waals surface area contributed by atoms with E-state index in [0.717, 1.165) is 55.2 Å². The highest BCUT2D eigenvalue weighted by Gasteiger charge is 2.55. The lowest BCUT2D eigenvalue weighted by Crippen LogP contribution is -2.51. The molecule has 2 aliphatic heterocycles. The van der Waals surface area contributed by atoms with Gasteiger partial charge in [0.25, 0.3) is 11.1 Å². The van der Waals surface area contributed by atoms with Crippen molar-refractivity contribution in [2.24, 2.45) is 23.2 Å². The van der Waals surface area contributed by atoms with Crippen molar-refractivity contribution in [3.8, 4) is 11.5 Å². The van der Waals surface area contributed by atoms with Crippen LogP contribution in [0.4, 0.5) is 4.79 Å². The molecule has 4 bridgehead atoms. The zero-order chi connectivity index (χ0) is 26.4. The van der Waals surface area contributed by atoms with Gasteiger partial charge < -0.3 is 14.4 Å². The highest BCUT2D eigenvalue weighted by molar-refractivity contribution is 8.18. The van der Waals surface area contributed by atoms with E-state index in [1.54, 1.807) is 29.2 Å². The van der Waals surface area contributed by atoms with Crippen LogP contribution >= 0.6 is 11.8 Å². The number of amides is 3. The number of carbonyl (C=O) groups is 4. The molecule has 2 heterocycles. The smallest absolute Gasteiger partial charge is 0.317 e. The van der Waals surface area contributed by atoms with Crippen LogP contribution < -0.4 is 9.47 Å². The van der Waals surface area contributed by atoms with Crippen LogP contribution in [0.5, 0.6) is 11.5 Å². The van der Waals surface area contributed by atoms with Crippen LogP contribution in [0.25, 0.3) is 6.08 Å². The lowest BCUT2D eigenvalue weighted by Gasteiger charge is -2.55. The second kappa shape index (κ2) is 10.1. The Hall–Kier alpha value is -2.81. The summed E-state index contributed by atoms with van der Waals surface area (Å²) in [5.74, 6) is 1.88. The molecule has 1 aromatic rings.